The van der Waals surface area contributed by atoms with Gasteiger partial charge in [0.25, 0.3) is 0 Å². The number of ether oxygens (including phenoxy) is 2. The number of rotatable bonds is 3. The van der Waals surface area contributed by atoms with E-state index in [9.17, 15) is 18.0 Å². The molecule has 1 amide bonds. The van der Waals surface area contributed by atoms with Gasteiger partial charge in [0.15, 0.2) is 15.9 Å². The third-order valence-corrected chi connectivity index (χ3v) is 4.58. The van der Waals surface area contributed by atoms with Gasteiger partial charge in [0.05, 0.1) is 24.0 Å². The summed E-state index contributed by atoms with van der Waals surface area (Å²) in [5.41, 5.74) is -0.700. The van der Waals surface area contributed by atoms with Gasteiger partial charge in [-0.05, 0) is 20.8 Å². The molecule has 1 heterocycles. The summed E-state index contributed by atoms with van der Waals surface area (Å²) in [5.74, 6) is -1.09. The first-order valence-corrected chi connectivity index (χ1v) is 8.81. The molecular formula is C12H20ClNO6S. The normalized spacial score (nSPS) is 21.7. The van der Waals surface area contributed by atoms with Crippen LogP contribution in [0.25, 0.3) is 0 Å². The SMILES string of the molecule is CC(C)(C)OC(=O)N1CCS(=O)(=O)CC1CC(=O)OCCl. The van der Waals surface area contributed by atoms with Crippen LogP contribution in [0.3, 0.4) is 0 Å². The predicted molar refractivity (Wildman–Crippen MR) is 76.8 cm³/mol. The quantitative estimate of drug-likeness (QED) is 0.565. The lowest BCUT2D eigenvalue weighted by Gasteiger charge is -2.35. The highest BCUT2D eigenvalue weighted by Crippen LogP contribution is 2.19. The van der Waals surface area contributed by atoms with E-state index in [-0.39, 0.29) is 30.5 Å². The number of sulfone groups is 1. The van der Waals surface area contributed by atoms with Crippen molar-refractivity contribution in [1.29, 1.82) is 0 Å². The number of hydrogen-bond donors (Lipinski definition) is 0. The van der Waals surface area contributed by atoms with Crippen molar-refractivity contribution in [3.05, 3.63) is 0 Å². The van der Waals surface area contributed by atoms with E-state index < -0.39 is 33.5 Å². The van der Waals surface area contributed by atoms with Gasteiger partial charge in [0.1, 0.15) is 5.60 Å². The van der Waals surface area contributed by atoms with Crippen molar-refractivity contribution in [3.63, 3.8) is 0 Å². The number of carbonyl (C=O) groups excluding carboxylic acids is 2. The van der Waals surface area contributed by atoms with Crippen molar-refractivity contribution >= 4 is 33.5 Å². The Balaban J connectivity index is 2.83. The van der Waals surface area contributed by atoms with E-state index in [1.165, 1.54) is 4.90 Å². The molecule has 0 aromatic rings. The standard InChI is InChI=1S/C12H20ClNO6S/c1-12(2,3)20-11(16)14-4-5-21(17,18)7-9(14)6-10(15)19-8-13/h9H,4-8H2,1-3H3. The summed E-state index contributed by atoms with van der Waals surface area (Å²) < 4.78 is 33.2. The summed E-state index contributed by atoms with van der Waals surface area (Å²) in [6.07, 6.45) is -0.869. The lowest BCUT2D eigenvalue weighted by atomic mass is 10.2. The summed E-state index contributed by atoms with van der Waals surface area (Å²) in [6.45, 7) is 5.13. The van der Waals surface area contributed by atoms with Gasteiger partial charge in [-0.2, -0.15) is 0 Å². The Hall–Kier alpha value is -1.02. The molecule has 7 nitrogen and oxygen atoms in total. The Labute approximate surface area is 129 Å². The van der Waals surface area contributed by atoms with Crippen LogP contribution in [-0.2, 0) is 24.1 Å². The van der Waals surface area contributed by atoms with Crippen molar-refractivity contribution < 1.29 is 27.5 Å². The fourth-order valence-electron chi connectivity index (χ4n) is 1.93. The zero-order valence-corrected chi connectivity index (χ0v) is 13.9. The Bertz CT molecular complexity index is 498. The van der Waals surface area contributed by atoms with Crippen LogP contribution >= 0.6 is 11.6 Å². The monoisotopic (exact) mass is 341 g/mol. The molecule has 0 aromatic heterocycles. The maximum atomic E-state index is 12.1. The van der Waals surface area contributed by atoms with Crippen LogP contribution in [0.2, 0.25) is 0 Å². The summed E-state index contributed by atoms with van der Waals surface area (Å²) >= 11 is 5.29. The van der Waals surface area contributed by atoms with Crippen molar-refractivity contribution in [3.8, 4) is 0 Å². The highest BCUT2D eigenvalue weighted by atomic mass is 35.5. The molecule has 1 aliphatic rings. The average molecular weight is 342 g/mol. The summed E-state index contributed by atoms with van der Waals surface area (Å²) in [4.78, 5) is 24.9. The molecule has 1 rings (SSSR count). The highest BCUT2D eigenvalue weighted by Gasteiger charge is 2.37. The maximum absolute atomic E-state index is 12.1. The molecule has 0 aromatic carbocycles. The molecule has 0 spiro atoms. The fourth-order valence-corrected chi connectivity index (χ4v) is 3.58. The summed E-state index contributed by atoms with van der Waals surface area (Å²) in [7, 11) is -3.29. The minimum atomic E-state index is -3.29. The molecule has 0 aliphatic carbocycles. The van der Waals surface area contributed by atoms with Crippen molar-refractivity contribution in [1.82, 2.24) is 4.90 Å². The van der Waals surface area contributed by atoms with E-state index in [0.29, 0.717) is 0 Å². The summed E-state index contributed by atoms with van der Waals surface area (Å²) in [5, 5.41) is 0. The minimum absolute atomic E-state index is 0.00390. The number of halogens is 1. The predicted octanol–water partition coefficient (Wildman–Crippen LogP) is 1.15. The van der Waals surface area contributed by atoms with Crippen molar-refractivity contribution in [2.75, 3.05) is 24.1 Å². The molecule has 0 N–H and O–H groups in total. The van der Waals surface area contributed by atoms with Crippen LogP contribution in [0.1, 0.15) is 27.2 Å². The zero-order valence-electron chi connectivity index (χ0n) is 12.3. The number of hydrogen-bond acceptors (Lipinski definition) is 6. The molecule has 0 bridgehead atoms. The summed E-state index contributed by atoms with van der Waals surface area (Å²) in [6, 6.07) is -1.11. The van der Waals surface area contributed by atoms with Crippen molar-refractivity contribution in [2.24, 2.45) is 0 Å². The third kappa shape index (κ3) is 6.09. The Morgan fingerprint density at radius 3 is 2.48 bits per heavy atom. The van der Waals surface area contributed by atoms with Crippen molar-refractivity contribution in [2.45, 2.75) is 38.8 Å². The van der Waals surface area contributed by atoms with Gasteiger partial charge in [-0.3, -0.25) is 4.79 Å². The Morgan fingerprint density at radius 1 is 1.33 bits per heavy atom. The molecule has 1 aliphatic heterocycles. The van der Waals surface area contributed by atoms with Crippen LogP contribution in [0, 0.1) is 0 Å². The van der Waals surface area contributed by atoms with Crippen LogP contribution in [0.5, 0.6) is 0 Å². The molecule has 0 radical (unpaired) electrons. The maximum Gasteiger partial charge on any atom is 0.410 e. The second-order valence-corrected chi connectivity index (χ2v) is 8.22. The van der Waals surface area contributed by atoms with E-state index in [4.69, 9.17) is 16.3 Å². The Morgan fingerprint density at radius 2 is 1.95 bits per heavy atom. The minimum Gasteiger partial charge on any atom is -0.449 e. The average Bonchev–Trinajstić information content (AvgIpc) is 2.25. The molecule has 1 atom stereocenters. The molecule has 1 unspecified atom stereocenters. The van der Waals surface area contributed by atoms with E-state index in [1.54, 1.807) is 20.8 Å². The second-order valence-electron chi connectivity index (χ2n) is 5.77. The number of esters is 1. The lowest BCUT2D eigenvalue weighted by molar-refractivity contribution is -0.142. The first-order chi connectivity index (χ1) is 9.54. The van der Waals surface area contributed by atoms with Gasteiger partial charge < -0.3 is 14.4 Å². The smallest absolute Gasteiger partial charge is 0.410 e. The van der Waals surface area contributed by atoms with Gasteiger partial charge >= 0.3 is 12.1 Å². The molecule has 1 saturated heterocycles. The molecule has 122 valence electrons. The largest absolute Gasteiger partial charge is 0.449 e. The van der Waals surface area contributed by atoms with Crippen LogP contribution < -0.4 is 0 Å². The van der Waals surface area contributed by atoms with Crippen LogP contribution in [-0.4, -0.2) is 61.1 Å². The van der Waals surface area contributed by atoms with E-state index in [2.05, 4.69) is 4.74 Å². The molecule has 0 saturated carbocycles. The van der Waals surface area contributed by atoms with Gasteiger partial charge in [0.2, 0.25) is 0 Å². The molecule has 9 heteroatoms. The molecule has 21 heavy (non-hydrogen) atoms. The Kier molecular flexibility index (Phi) is 5.86. The second kappa shape index (κ2) is 6.83. The van der Waals surface area contributed by atoms with Gasteiger partial charge in [-0.1, -0.05) is 11.6 Å². The number of nitrogens with zero attached hydrogens (tertiary/aromatic N) is 1. The number of amides is 1. The van der Waals surface area contributed by atoms with E-state index in [0.717, 1.165) is 0 Å². The lowest BCUT2D eigenvalue weighted by Crippen LogP contribution is -2.53. The first-order valence-electron chi connectivity index (χ1n) is 6.46. The van der Waals surface area contributed by atoms with Crippen LogP contribution in [0.15, 0.2) is 0 Å². The third-order valence-electron chi connectivity index (χ3n) is 2.78. The van der Waals surface area contributed by atoms with Gasteiger partial charge in [-0.25, -0.2) is 13.2 Å². The topological polar surface area (TPSA) is 90.0 Å². The van der Waals surface area contributed by atoms with Gasteiger partial charge in [-0.15, -0.1) is 0 Å². The van der Waals surface area contributed by atoms with Gasteiger partial charge in [0, 0.05) is 6.54 Å². The first kappa shape index (κ1) is 18.0. The number of alkyl halides is 1. The zero-order chi connectivity index (χ0) is 16.3. The number of carbonyl (C=O) groups is 2. The van der Waals surface area contributed by atoms with Crippen LogP contribution in [0.4, 0.5) is 4.79 Å². The molecular weight excluding hydrogens is 322 g/mol. The molecule has 1 fully saturated rings. The fraction of sp³-hybridized carbons (Fsp3) is 0.833. The van der Waals surface area contributed by atoms with E-state index in [1.807, 2.05) is 0 Å². The highest BCUT2D eigenvalue weighted by molar-refractivity contribution is 7.91. The van der Waals surface area contributed by atoms with E-state index >= 15 is 0 Å².